The van der Waals surface area contributed by atoms with E-state index in [0.717, 1.165) is 29.8 Å². The second-order valence-electron chi connectivity index (χ2n) is 12.6. The van der Waals surface area contributed by atoms with Crippen molar-refractivity contribution in [2.75, 3.05) is 0 Å². The van der Waals surface area contributed by atoms with Crippen LogP contribution in [-0.4, -0.2) is 4.98 Å². The molecule has 2 aliphatic rings. The highest BCUT2D eigenvalue weighted by Crippen LogP contribution is 2.54. The van der Waals surface area contributed by atoms with Gasteiger partial charge in [-0.25, -0.2) is 4.98 Å². The summed E-state index contributed by atoms with van der Waals surface area (Å²) in [4.78, 5) is 5.59. The molecule has 0 fully saturated rings. The summed E-state index contributed by atoms with van der Waals surface area (Å²) in [7, 11) is 0. The number of aromatic nitrogens is 1. The van der Waals surface area contributed by atoms with Crippen molar-refractivity contribution in [2.24, 2.45) is 0 Å². The quantitative estimate of drug-likeness (QED) is 0.212. The molecule has 0 radical (unpaired) electrons. The second kappa shape index (κ2) is 9.92. The van der Waals surface area contributed by atoms with E-state index in [9.17, 15) is 0 Å². The van der Waals surface area contributed by atoms with E-state index in [2.05, 4.69) is 148 Å². The normalized spacial score (nSPS) is 16.1. The van der Waals surface area contributed by atoms with Crippen LogP contribution in [0.25, 0.3) is 61.6 Å². The molecule has 0 N–H and O–H groups in total. The van der Waals surface area contributed by atoms with Crippen LogP contribution in [0.1, 0.15) is 61.8 Å². The predicted molar refractivity (Wildman–Crippen MR) is 182 cm³/mol. The summed E-state index contributed by atoms with van der Waals surface area (Å²) < 4.78 is 0. The van der Waals surface area contributed by atoms with Crippen LogP contribution in [0.3, 0.4) is 0 Å². The molecule has 43 heavy (non-hydrogen) atoms. The first-order chi connectivity index (χ1) is 21.0. The van der Waals surface area contributed by atoms with Gasteiger partial charge in [0.05, 0.1) is 11.4 Å². The van der Waals surface area contributed by atoms with E-state index in [4.69, 9.17) is 4.98 Å². The largest absolute Gasteiger partial charge is 0.247 e. The average molecular weight is 554 g/mol. The molecule has 6 aromatic rings. The Balaban J connectivity index is 1.42. The van der Waals surface area contributed by atoms with Gasteiger partial charge in [0.2, 0.25) is 0 Å². The molecule has 1 heterocycles. The number of rotatable bonds is 4. The van der Waals surface area contributed by atoms with Gasteiger partial charge >= 0.3 is 0 Å². The van der Waals surface area contributed by atoms with E-state index < -0.39 is 0 Å². The molecule has 5 aromatic carbocycles. The van der Waals surface area contributed by atoms with Crippen LogP contribution in [0, 0.1) is 0 Å². The van der Waals surface area contributed by atoms with Crippen molar-refractivity contribution in [3.05, 3.63) is 144 Å². The first-order valence-electron chi connectivity index (χ1n) is 15.6. The Morgan fingerprint density at radius 2 is 1.40 bits per heavy atom. The maximum absolute atomic E-state index is 5.59. The number of hydrogen-bond acceptors (Lipinski definition) is 1. The molecule has 8 rings (SSSR count). The maximum Gasteiger partial charge on any atom is 0.0784 e. The first-order valence-corrected chi connectivity index (χ1v) is 15.6. The van der Waals surface area contributed by atoms with Gasteiger partial charge in [0.1, 0.15) is 0 Å². The lowest BCUT2D eigenvalue weighted by Crippen LogP contribution is -2.15. The van der Waals surface area contributed by atoms with Gasteiger partial charge in [0.25, 0.3) is 0 Å². The number of allylic oxidation sites excluding steroid dienone is 1. The Labute approximate surface area is 254 Å². The number of benzene rings is 5. The monoisotopic (exact) mass is 553 g/mol. The predicted octanol–water partition coefficient (Wildman–Crippen LogP) is 11.5. The standard InChI is InChI=1S/C42H35N/c1-4-27-16-12-19-33-35(27)26-38(43-41(33)30-23-21-29(22-24-30)28-13-6-5-7-14-28)40-32-17-9-8-15-31(32)25-37-39(40)34-18-10-11-20-36(34)42(37,2)3/h5-15,17-27H,4,16H2,1-3H3. The fourth-order valence-electron chi connectivity index (χ4n) is 7.53. The summed E-state index contributed by atoms with van der Waals surface area (Å²) in [5.74, 6) is 0.482. The number of hydrogen-bond donors (Lipinski definition) is 0. The van der Waals surface area contributed by atoms with Gasteiger partial charge in [-0.1, -0.05) is 136 Å². The summed E-state index contributed by atoms with van der Waals surface area (Å²) in [6.45, 7) is 7.05. The van der Waals surface area contributed by atoms with Crippen LogP contribution in [0.2, 0.25) is 0 Å². The molecule has 1 atom stereocenters. The lowest BCUT2D eigenvalue weighted by molar-refractivity contribution is 0.661. The summed E-state index contributed by atoms with van der Waals surface area (Å²) in [6, 6.07) is 42.3. The van der Waals surface area contributed by atoms with Gasteiger partial charge in [0, 0.05) is 22.1 Å². The van der Waals surface area contributed by atoms with E-state index in [1.165, 1.54) is 60.8 Å². The highest BCUT2D eigenvalue weighted by molar-refractivity contribution is 6.07. The van der Waals surface area contributed by atoms with Gasteiger partial charge in [-0.3, -0.25) is 0 Å². The van der Waals surface area contributed by atoms with Crippen molar-refractivity contribution in [3.8, 4) is 44.8 Å². The Bertz CT molecular complexity index is 2040. The van der Waals surface area contributed by atoms with Crippen molar-refractivity contribution in [1.29, 1.82) is 0 Å². The fraction of sp³-hybridized carbons (Fsp3) is 0.167. The Kier molecular flexibility index (Phi) is 5.98. The minimum absolute atomic E-state index is 0.0797. The third-order valence-corrected chi connectivity index (χ3v) is 9.84. The molecule has 0 aliphatic heterocycles. The Morgan fingerprint density at radius 1 is 0.698 bits per heavy atom. The summed E-state index contributed by atoms with van der Waals surface area (Å²) in [5.41, 5.74) is 15.1. The highest BCUT2D eigenvalue weighted by atomic mass is 14.7. The van der Waals surface area contributed by atoms with Crippen LogP contribution >= 0.6 is 0 Å². The first kappa shape index (κ1) is 25.9. The fourth-order valence-corrected chi connectivity index (χ4v) is 7.53. The minimum atomic E-state index is -0.0797. The molecule has 1 nitrogen and oxygen atoms in total. The van der Waals surface area contributed by atoms with Crippen molar-refractivity contribution >= 4 is 16.8 Å². The van der Waals surface area contributed by atoms with E-state index in [1.807, 2.05) is 0 Å². The van der Waals surface area contributed by atoms with Gasteiger partial charge in [-0.15, -0.1) is 0 Å². The second-order valence-corrected chi connectivity index (χ2v) is 12.6. The van der Waals surface area contributed by atoms with Crippen LogP contribution in [0.4, 0.5) is 0 Å². The molecule has 0 amide bonds. The van der Waals surface area contributed by atoms with Gasteiger partial charge in [0.15, 0.2) is 0 Å². The van der Waals surface area contributed by atoms with Crippen LogP contribution < -0.4 is 0 Å². The summed E-state index contributed by atoms with van der Waals surface area (Å²) in [5, 5.41) is 2.54. The zero-order valence-electron chi connectivity index (χ0n) is 25.1. The van der Waals surface area contributed by atoms with Crippen molar-refractivity contribution in [2.45, 2.75) is 44.9 Å². The van der Waals surface area contributed by atoms with Crippen LogP contribution in [0.15, 0.2) is 121 Å². The Hall–Kier alpha value is -4.75. The topological polar surface area (TPSA) is 12.9 Å². The van der Waals surface area contributed by atoms with Crippen molar-refractivity contribution < 1.29 is 0 Å². The molecule has 0 bridgehead atoms. The molecule has 1 aromatic heterocycles. The molecular weight excluding hydrogens is 518 g/mol. The molecule has 2 aliphatic carbocycles. The van der Waals surface area contributed by atoms with E-state index >= 15 is 0 Å². The summed E-state index contributed by atoms with van der Waals surface area (Å²) in [6.07, 6.45) is 6.83. The Morgan fingerprint density at radius 3 is 2.21 bits per heavy atom. The summed E-state index contributed by atoms with van der Waals surface area (Å²) >= 11 is 0. The molecule has 1 heteroatoms. The molecule has 208 valence electrons. The lowest BCUT2D eigenvalue weighted by atomic mass is 9.80. The smallest absolute Gasteiger partial charge is 0.0784 e. The SMILES string of the molecule is CCC1CC=Cc2c1cc(-c1c3c(cc4ccccc14)C(C)(C)c1ccccc1-3)nc2-c1ccc(-c2ccccc2)cc1. The maximum atomic E-state index is 5.59. The molecule has 0 saturated heterocycles. The van der Waals surface area contributed by atoms with E-state index in [0.29, 0.717) is 5.92 Å². The van der Waals surface area contributed by atoms with Crippen LogP contribution in [-0.2, 0) is 5.41 Å². The van der Waals surface area contributed by atoms with Crippen LogP contribution in [0.5, 0.6) is 0 Å². The average Bonchev–Trinajstić information content (AvgIpc) is 3.29. The number of pyridine rings is 1. The molecule has 0 spiro atoms. The number of nitrogens with zero attached hydrogens (tertiary/aromatic N) is 1. The highest BCUT2D eigenvalue weighted by Gasteiger charge is 2.38. The van der Waals surface area contributed by atoms with E-state index in [-0.39, 0.29) is 5.41 Å². The van der Waals surface area contributed by atoms with E-state index in [1.54, 1.807) is 0 Å². The third-order valence-electron chi connectivity index (χ3n) is 9.84. The zero-order valence-corrected chi connectivity index (χ0v) is 25.1. The van der Waals surface area contributed by atoms with Gasteiger partial charge in [-0.05, 0) is 80.6 Å². The molecule has 1 unspecified atom stereocenters. The van der Waals surface area contributed by atoms with Crippen molar-refractivity contribution in [1.82, 2.24) is 4.98 Å². The minimum Gasteiger partial charge on any atom is -0.247 e. The van der Waals surface area contributed by atoms with Gasteiger partial charge < -0.3 is 0 Å². The molecule has 0 saturated carbocycles. The zero-order chi connectivity index (χ0) is 29.1. The lowest BCUT2D eigenvalue weighted by Gasteiger charge is -2.25. The number of fused-ring (bicyclic) bond motifs is 5. The molecular formula is C42H35N. The van der Waals surface area contributed by atoms with Crippen molar-refractivity contribution in [3.63, 3.8) is 0 Å². The van der Waals surface area contributed by atoms with Gasteiger partial charge in [-0.2, -0.15) is 0 Å². The third kappa shape index (κ3) is 4.02.